The monoisotopic (exact) mass is 299 g/mol. The zero-order chi connectivity index (χ0) is 15.3. The average Bonchev–Trinajstić information content (AvgIpc) is 2.38. The van der Waals surface area contributed by atoms with Crippen molar-refractivity contribution >= 4 is 23.5 Å². The molecule has 1 rings (SSSR count). The van der Waals surface area contributed by atoms with Crippen molar-refractivity contribution in [2.45, 2.75) is 26.3 Å². The molecule has 1 aromatic rings. The van der Waals surface area contributed by atoms with Gasteiger partial charge in [0, 0.05) is 20.1 Å². The van der Waals surface area contributed by atoms with Gasteiger partial charge in [-0.15, -0.1) is 0 Å². The van der Waals surface area contributed by atoms with Crippen LogP contribution in [0.1, 0.15) is 27.9 Å². The zero-order valence-electron chi connectivity index (χ0n) is 11.7. The molecule has 0 spiro atoms. The van der Waals surface area contributed by atoms with Gasteiger partial charge in [-0.3, -0.25) is 4.79 Å². The molecule has 5 nitrogen and oxygen atoms in total. The number of benzene rings is 1. The predicted molar refractivity (Wildman–Crippen MR) is 76.3 cm³/mol. The first-order valence-corrected chi connectivity index (χ1v) is 6.54. The first kappa shape index (κ1) is 16.5. The minimum atomic E-state index is -1.10. The number of aliphatic carboxylic acids is 1. The number of carbonyl (C=O) groups is 2. The van der Waals surface area contributed by atoms with Crippen LogP contribution in [-0.4, -0.2) is 36.7 Å². The number of hydrogen-bond acceptors (Lipinski definition) is 3. The second-order valence-corrected chi connectivity index (χ2v) is 4.97. The Balaban J connectivity index is 2.89. The maximum atomic E-state index is 12.1. The van der Waals surface area contributed by atoms with Crippen LogP contribution in [0.5, 0.6) is 0 Å². The first-order valence-electron chi connectivity index (χ1n) is 6.16. The summed E-state index contributed by atoms with van der Waals surface area (Å²) in [4.78, 5) is 23.2. The van der Waals surface area contributed by atoms with Crippen molar-refractivity contribution in [3.63, 3.8) is 0 Å². The smallest absolute Gasteiger partial charge is 0.326 e. The number of carboxylic acids is 1. The largest absolute Gasteiger partial charge is 0.480 e. The highest BCUT2D eigenvalue weighted by molar-refractivity contribution is 6.34. The lowest BCUT2D eigenvalue weighted by atomic mass is 10.1. The fraction of sp³-hybridized carbons (Fsp3) is 0.429. The summed E-state index contributed by atoms with van der Waals surface area (Å²) < 4.78 is 4.83. The van der Waals surface area contributed by atoms with Gasteiger partial charge in [0.15, 0.2) is 0 Å². The number of nitrogens with one attached hydrogen (secondary N) is 1. The standard InChI is InChI=1S/C14H18ClNO4/c1-8-6-10(11(15)7-9(8)2)13(17)16-12(14(18)19)4-5-20-3/h6-7,12H,4-5H2,1-3H3,(H,16,17)(H,18,19). The molecule has 0 fully saturated rings. The van der Waals surface area contributed by atoms with E-state index in [-0.39, 0.29) is 18.6 Å². The highest BCUT2D eigenvalue weighted by atomic mass is 35.5. The molecule has 0 aromatic heterocycles. The van der Waals surface area contributed by atoms with Crippen LogP contribution in [-0.2, 0) is 9.53 Å². The average molecular weight is 300 g/mol. The molecule has 0 saturated carbocycles. The van der Waals surface area contributed by atoms with Crippen LogP contribution >= 0.6 is 11.6 Å². The summed E-state index contributed by atoms with van der Waals surface area (Å²) in [6.45, 7) is 4.00. The lowest BCUT2D eigenvalue weighted by Gasteiger charge is -2.15. The summed E-state index contributed by atoms with van der Waals surface area (Å²) in [5.74, 6) is -1.60. The van der Waals surface area contributed by atoms with Crippen molar-refractivity contribution in [2.24, 2.45) is 0 Å². The van der Waals surface area contributed by atoms with Gasteiger partial charge in [0.05, 0.1) is 10.6 Å². The molecule has 0 bridgehead atoms. The van der Waals surface area contributed by atoms with Crippen molar-refractivity contribution < 1.29 is 19.4 Å². The summed E-state index contributed by atoms with van der Waals surface area (Å²) in [6, 6.07) is 2.35. The molecule has 1 unspecified atom stereocenters. The van der Waals surface area contributed by atoms with Gasteiger partial charge in [-0.05, 0) is 37.1 Å². The van der Waals surface area contributed by atoms with E-state index in [1.807, 2.05) is 13.8 Å². The molecule has 0 aliphatic heterocycles. The number of carbonyl (C=O) groups excluding carboxylic acids is 1. The lowest BCUT2D eigenvalue weighted by molar-refractivity contribution is -0.139. The molecule has 0 heterocycles. The van der Waals surface area contributed by atoms with E-state index in [0.29, 0.717) is 5.02 Å². The Morgan fingerprint density at radius 2 is 1.95 bits per heavy atom. The van der Waals surface area contributed by atoms with Crippen LogP contribution in [0.25, 0.3) is 0 Å². The Kier molecular flexibility index (Phi) is 5.98. The molecule has 0 saturated heterocycles. The van der Waals surface area contributed by atoms with Gasteiger partial charge in [-0.25, -0.2) is 4.79 Å². The Hall–Kier alpha value is -1.59. The Morgan fingerprint density at radius 3 is 2.50 bits per heavy atom. The van der Waals surface area contributed by atoms with Crippen LogP contribution in [0.4, 0.5) is 0 Å². The summed E-state index contributed by atoms with van der Waals surface area (Å²) in [5.41, 5.74) is 2.17. The zero-order valence-corrected chi connectivity index (χ0v) is 12.5. The summed E-state index contributed by atoms with van der Waals surface area (Å²) >= 11 is 6.03. The van der Waals surface area contributed by atoms with E-state index >= 15 is 0 Å². The fourth-order valence-corrected chi connectivity index (χ4v) is 1.99. The number of halogens is 1. The molecule has 1 amide bonds. The normalized spacial score (nSPS) is 12.0. The predicted octanol–water partition coefficient (Wildman–Crippen LogP) is 2.18. The summed E-state index contributed by atoms with van der Waals surface area (Å²) in [6.07, 6.45) is 0.194. The third-order valence-corrected chi connectivity index (χ3v) is 3.35. The minimum Gasteiger partial charge on any atom is -0.480 e. The van der Waals surface area contributed by atoms with Crippen molar-refractivity contribution in [1.29, 1.82) is 0 Å². The number of hydrogen-bond donors (Lipinski definition) is 2. The topological polar surface area (TPSA) is 75.6 Å². The van der Waals surface area contributed by atoms with E-state index in [2.05, 4.69) is 5.32 Å². The molecule has 0 aliphatic carbocycles. The fourth-order valence-electron chi connectivity index (χ4n) is 1.68. The third-order valence-electron chi connectivity index (χ3n) is 3.04. The lowest BCUT2D eigenvalue weighted by Crippen LogP contribution is -2.41. The highest BCUT2D eigenvalue weighted by Gasteiger charge is 2.21. The van der Waals surface area contributed by atoms with Crippen LogP contribution < -0.4 is 5.32 Å². The van der Waals surface area contributed by atoms with Crippen LogP contribution in [0.15, 0.2) is 12.1 Å². The van der Waals surface area contributed by atoms with Crippen molar-refractivity contribution in [2.75, 3.05) is 13.7 Å². The molecule has 110 valence electrons. The van der Waals surface area contributed by atoms with E-state index in [1.54, 1.807) is 12.1 Å². The third kappa shape index (κ3) is 4.21. The molecular formula is C14H18ClNO4. The second kappa shape index (κ2) is 7.26. The molecule has 1 aromatic carbocycles. The Morgan fingerprint density at radius 1 is 1.35 bits per heavy atom. The van der Waals surface area contributed by atoms with E-state index in [1.165, 1.54) is 7.11 Å². The van der Waals surface area contributed by atoms with Crippen LogP contribution in [0.2, 0.25) is 5.02 Å². The number of ether oxygens (including phenoxy) is 1. The number of aryl methyl sites for hydroxylation is 2. The second-order valence-electron chi connectivity index (χ2n) is 4.56. The number of rotatable bonds is 6. The molecule has 2 N–H and O–H groups in total. The van der Waals surface area contributed by atoms with Gasteiger partial charge in [0.25, 0.3) is 5.91 Å². The quantitative estimate of drug-likeness (QED) is 0.844. The molecule has 0 radical (unpaired) electrons. The molecule has 1 atom stereocenters. The summed E-state index contributed by atoms with van der Waals surface area (Å²) in [7, 11) is 1.47. The van der Waals surface area contributed by atoms with E-state index in [4.69, 9.17) is 21.4 Å². The van der Waals surface area contributed by atoms with Gasteiger partial charge in [-0.1, -0.05) is 11.6 Å². The molecular weight excluding hydrogens is 282 g/mol. The minimum absolute atomic E-state index is 0.194. The van der Waals surface area contributed by atoms with E-state index < -0.39 is 17.9 Å². The molecule has 20 heavy (non-hydrogen) atoms. The highest BCUT2D eigenvalue weighted by Crippen LogP contribution is 2.21. The van der Waals surface area contributed by atoms with Gasteiger partial charge in [-0.2, -0.15) is 0 Å². The van der Waals surface area contributed by atoms with Gasteiger partial charge in [0.1, 0.15) is 6.04 Å². The maximum Gasteiger partial charge on any atom is 0.326 e. The first-order chi connectivity index (χ1) is 9.36. The molecule has 0 aliphatic rings. The van der Waals surface area contributed by atoms with Gasteiger partial charge >= 0.3 is 5.97 Å². The Bertz CT molecular complexity index is 516. The van der Waals surface area contributed by atoms with Crippen molar-refractivity contribution in [3.05, 3.63) is 33.8 Å². The summed E-state index contributed by atoms with van der Waals surface area (Å²) in [5, 5.41) is 11.8. The van der Waals surface area contributed by atoms with E-state index in [0.717, 1.165) is 11.1 Å². The van der Waals surface area contributed by atoms with Crippen molar-refractivity contribution in [3.8, 4) is 0 Å². The van der Waals surface area contributed by atoms with Crippen molar-refractivity contribution in [1.82, 2.24) is 5.32 Å². The van der Waals surface area contributed by atoms with Crippen LogP contribution in [0.3, 0.4) is 0 Å². The van der Waals surface area contributed by atoms with Gasteiger partial charge in [0.2, 0.25) is 0 Å². The number of methoxy groups -OCH3 is 1. The van der Waals surface area contributed by atoms with Gasteiger partial charge < -0.3 is 15.2 Å². The molecule has 6 heteroatoms. The SMILES string of the molecule is COCCC(NC(=O)c1cc(C)c(C)cc1Cl)C(=O)O. The Labute approximate surface area is 122 Å². The maximum absolute atomic E-state index is 12.1. The van der Waals surface area contributed by atoms with E-state index in [9.17, 15) is 9.59 Å². The number of amides is 1. The number of carboxylic acid groups (broad SMARTS) is 1. The van der Waals surface area contributed by atoms with Crippen LogP contribution in [0, 0.1) is 13.8 Å².